The molecular weight excluding hydrogens is 372 g/mol. The molecule has 28 heavy (non-hydrogen) atoms. The monoisotopic (exact) mass is 394 g/mol. The summed E-state index contributed by atoms with van der Waals surface area (Å²) >= 11 is 0. The van der Waals surface area contributed by atoms with Gasteiger partial charge in [-0.2, -0.15) is 0 Å². The van der Waals surface area contributed by atoms with Crippen LogP contribution in [-0.4, -0.2) is 56.3 Å². The highest BCUT2D eigenvalue weighted by Crippen LogP contribution is 2.41. The van der Waals surface area contributed by atoms with Crippen LogP contribution >= 0.6 is 0 Å². The van der Waals surface area contributed by atoms with Gasteiger partial charge in [-0.1, -0.05) is 0 Å². The predicted octanol–water partition coefficient (Wildman–Crippen LogP) is 2.24. The molecule has 0 amide bonds. The van der Waals surface area contributed by atoms with Crippen molar-refractivity contribution < 1.29 is 43.8 Å². The Morgan fingerprint density at radius 3 is 1.75 bits per heavy atom. The standard InChI is InChI=1S/C19H22O9/c1-24-13-5-10(6-14(25-2)17(13)21)12(20)9-28-18-15(26-3)7-11(19(22)23)8-16(18)27-4/h5-8,12,20-21H,9H2,1-4H3,(H,22,23). The Morgan fingerprint density at radius 1 is 0.893 bits per heavy atom. The molecule has 9 heteroatoms. The van der Waals surface area contributed by atoms with E-state index in [-0.39, 0.29) is 46.7 Å². The van der Waals surface area contributed by atoms with Crippen LogP contribution in [0.25, 0.3) is 0 Å². The molecular formula is C19H22O9. The Morgan fingerprint density at radius 2 is 1.36 bits per heavy atom. The molecule has 2 aromatic carbocycles. The highest BCUT2D eigenvalue weighted by Gasteiger charge is 2.21. The lowest BCUT2D eigenvalue weighted by molar-refractivity contribution is 0.0695. The molecule has 0 aliphatic heterocycles. The van der Waals surface area contributed by atoms with Gasteiger partial charge < -0.3 is 39.0 Å². The number of hydrogen-bond acceptors (Lipinski definition) is 8. The summed E-state index contributed by atoms with van der Waals surface area (Å²) in [5.41, 5.74) is 0.348. The van der Waals surface area contributed by atoms with Gasteiger partial charge in [0, 0.05) is 0 Å². The van der Waals surface area contributed by atoms with Crippen LogP contribution in [0.4, 0.5) is 0 Å². The predicted molar refractivity (Wildman–Crippen MR) is 98.2 cm³/mol. The van der Waals surface area contributed by atoms with Crippen LogP contribution in [0.3, 0.4) is 0 Å². The number of carboxylic acid groups (broad SMARTS) is 1. The van der Waals surface area contributed by atoms with E-state index in [1.807, 2.05) is 0 Å². The van der Waals surface area contributed by atoms with Crippen LogP contribution < -0.4 is 23.7 Å². The molecule has 2 rings (SSSR count). The van der Waals surface area contributed by atoms with Crippen LogP contribution in [0.5, 0.6) is 34.5 Å². The first-order valence-corrected chi connectivity index (χ1v) is 8.11. The van der Waals surface area contributed by atoms with E-state index in [9.17, 15) is 15.0 Å². The van der Waals surface area contributed by atoms with Gasteiger partial charge in [0.1, 0.15) is 12.7 Å². The van der Waals surface area contributed by atoms with Gasteiger partial charge >= 0.3 is 5.97 Å². The molecule has 0 radical (unpaired) electrons. The fourth-order valence-corrected chi connectivity index (χ4v) is 2.51. The van der Waals surface area contributed by atoms with Crippen molar-refractivity contribution in [3.05, 3.63) is 35.4 Å². The van der Waals surface area contributed by atoms with Crippen LogP contribution in [0.2, 0.25) is 0 Å². The molecule has 0 bridgehead atoms. The van der Waals surface area contributed by atoms with Gasteiger partial charge in [-0.05, 0) is 29.8 Å². The van der Waals surface area contributed by atoms with Crippen molar-refractivity contribution in [3.63, 3.8) is 0 Å². The first kappa shape index (κ1) is 21.0. The quantitative estimate of drug-likeness (QED) is 0.587. The summed E-state index contributed by atoms with van der Waals surface area (Å²) in [7, 11) is 5.47. The molecule has 152 valence electrons. The van der Waals surface area contributed by atoms with E-state index in [0.717, 1.165) is 0 Å². The summed E-state index contributed by atoms with van der Waals surface area (Å²) in [6.07, 6.45) is -1.11. The van der Waals surface area contributed by atoms with E-state index in [1.165, 1.54) is 52.7 Å². The van der Waals surface area contributed by atoms with E-state index >= 15 is 0 Å². The highest BCUT2D eigenvalue weighted by atomic mass is 16.5. The zero-order valence-electron chi connectivity index (χ0n) is 15.9. The average molecular weight is 394 g/mol. The maximum absolute atomic E-state index is 11.2. The Hall–Kier alpha value is -3.33. The lowest BCUT2D eigenvalue weighted by Gasteiger charge is -2.19. The Kier molecular flexibility index (Phi) is 6.78. The second-order valence-corrected chi connectivity index (χ2v) is 5.62. The number of hydrogen-bond donors (Lipinski definition) is 3. The minimum Gasteiger partial charge on any atom is -0.502 e. The van der Waals surface area contributed by atoms with E-state index in [2.05, 4.69) is 0 Å². The summed E-state index contributed by atoms with van der Waals surface area (Å²) in [6, 6.07) is 5.49. The maximum Gasteiger partial charge on any atom is 0.335 e. The van der Waals surface area contributed by atoms with Crippen molar-refractivity contribution in [2.45, 2.75) is 6.10 Å². The molecule has 9 nitrogen and oxygen atoms in total. The number of phenols is 1. The molecule has 3 N–H and O–H groups in total. The van der Waals surface area contributed by atoms with Crippen LogP contribution in [-0.2, 0) is 0 Å². The van der Waals surface area contributed by atoms with Gasteiger partial charge in [0.25, 0.3) is 0 Å². The third-order valence-corrected chi connectivity index (χ3v) is 3.98. The molecule has 0 spiro atoms. The minimum absolute atomic E-state index is 0.0328. The van der Waals surface area contributed by atoms with Crippen molar-refractivity contribution in [3.8, 4) is 34.5 Å². The number of carboxylic acids is 1. The summed E-state index contributed by atoms with van der Waals surface area (Å²) in [4.78, 5) is 11.2. The zero-order chi connectivity index (χ0) is 20.8. The highest BCUT2D eigenvalue weighted by molar-refractivity contribution is 5.89. The molecule has 2 aromatic rings. The van der Waals surface area contributed by atoms with Gasteiger partial charge in [0.05, 0.1) is 34.0 Å². The fourth-order valence-electron chi connectivity index (χ4n) is 2.51. The van der Waals surface area contributed by atoms with Gasteiger partial charge in [0.15, 0.2) is 23.0 Å². The van der Waals surface area contributed by atoms with E-state index in [0.29, 0.717) is 5.56 Å². The Balaban J connectivity index is 2.30. The van der Waals surface area contributed by atoms with E-state index in [1.54, 1.807) is 0 Å². The van der Waals surface area contributed by atoms with Crippen molar-refractivity contribution in [2.24, 2.45) is 0 Å². The summed E-state index contributed by atoms with van der Waals surface area (Å²) in [5.74, 6) is -0.633. The molecule has 0 saturated heterocycles. The number of benzene rings is 2. The van der Waals surface area contributed by atoms with Crippen molar-refractivity contribution in [1.29, 1.82) is 0 Å². The fraction of sp³-hybridized carbons (Fsp3) is 0.316. The number of aromatic hydroxyl groups is 1. The summed E-state index contributed by atoms with van der Waals surface area (Å²) < 4.78 is 26.2. The molecule has 0 fully saturated rings. The Bertz CT molecular complexity index is 797. The summed E-state index contributed by atoms with van der Waals surface area (Å²) in [5, 5.41) is 29.6. The molecule has 0 saturated carbocycles. The minimum atomic E-state index is -1.15. The number of aliphatic hydroxyl groups is 1. The van der Waals surface area contributed by atoms with Gasteiger partial charge in [-0.25, -0.2) is 4.79 Å². The third kappa shape index (κ3) is 4.32. The number of aliphatic hydroxyl groups excluding tert-OH is 1. The van der Waals surface area contributed by atoms with Crippen molar-refractivity contribution in [2.75, 3.05) is 35.0 Å². The molecule has 0 heterocycles. The second kappa shape index (κ2) is 9.05. The molecule has 0 aliphatic carbocycles. The van der Waals surface area contributed by atoms with Crippen LogP contribution in [0, 0.1) is 0 Å². The van der Waals surface area contributed by atoms with Crippen LogP contribution in [0.15, 0.2) is 24.3 Å². The number of carbonyl (C=O) groups is 1. The van der Waals surface area contributed by atoms with Crippen molar-refractivity contribution >= 4 is 5.97 Å². The maximum atomic E-state index is 11.2. The van der Waals surface area contributed by atoms with Gasteiger partial charge in [-0.3, -0.25) is 0 Å². The number of methoxy groups -OCH3 is 4. The summed E-state index contributed by atoms with van der Waals surface area (Å²) in [6.45, 7) is -0.212. The van der Waals surface area contributed by atoms with Crippen molar-refractivity contribution in [1.82, 2.24) is 0 Å². The SMILES string of the molecule is COc1cc(C(O)COc2c(OC)cc(C(=O)O)cc2OC)cc(OC)c1O. The van der Waals surface area contributed by atoms with E-state index in [4.69, 9.17) is 28.8 Å². The number of rotatable bonds is 9. The van der Waals surface area contributed by atoms with Gasteiger partial charge in [-0.15, -0.1) is 0 Å². The second-order valence-electron chi connectivity index (χ2n) is 5.62. The topological polar surface area (TPSA) is 124 Å². The van der Waals surface area contributed by atoms with Gasteiger partial charge in [0.2, 0.25) is 11.5 Å². The van der Waals surface area contributed by atoms with Crippen LogP contribution in [0.1, 0.15) is 22.0 Å². The number of ether oxygens (including phenoxy) is 5. The molecule has 0 aliphatic rings. The molecule has 0 aromatic heterocycles. The largest absolute Gasteiger partial charge is 0.502 e. The first-order chi connectivity index (χ1) is 13.4. The lowest BCUT2D eigenvalue weighted by Crippen LogP contribution is -2.12. The average Bonchev–Trinajstić information content (AvgIpc) is 2.71. The first-order valence-electron chi connectivity index (χ1n) is 8.11. The molecule has 1 atom stereocenters. The molecule has 1 unspecified atom stereocenters. The zero-order valence-corrected chi connectivity index (χ0v) is 15.9. The Labute approximate surface area is 161 Å². The third-order valence-electron chi connectivity index (χ3n) is 3.98. The normalized spacial score (nSPS) is 11.5. The number of aromatic carboxylic acids is 1. The number of phenolic OH excluding ortho intramolecular Hbond substituents is 1. The van der Waals surface area contributed by atoms with E-state index < -0.39 is 12.1 Å². The lowest BCUT2D eigenvalue weighted by atomic mass is 10.1. The smallest absolute Gasteiger partial charge is 0.335 e.